The van der Waals surface area contributed by atoms with Gasteiger partial charge in [-0.15, -0.1) is 0 Å². The molecule has 6 atom stereocenters. The van der Waals surface area contributed by atoms with Crippen molar-refractivity contribution in [2.75, 3.05) is 75.5 Å². The fourth-order valence-electron chi connectivity index (χ4n) is 7.28. The van der Waals surface area contributed by atoms with Crippen molar-refractivity contribution in [3.63, 3.8) is 0 Å². The summed E-state index contributed by atoms with van der Waals surface area (Å²) in [6.07, 6.45) is -7.46. The normalized spacial score (nSPS) is 14.3. The molecule has 0 saturated carbocycles. The first kappa shape index (κ1) is 52.5. The standard InChI is InChI=1S/C40H62N6O15/c1-7-30-34(40(61)44-11-28(56)17-50)21(3)33(39(60)43-10-27(55)16-49)24(6)36(30)46(19-52)13-29(57)12-45(18-51)35-22(4)31(37(58)41-8-25(53)14-47)20(2)32(23(35)5)38(59)42-9-26(54)15-48/h18-19,25-29,40,44,47-50,53-57,61H,7-17H2,1-6H3,(H,41,58)(H,42,59)(H,43,60). The van der Waals surface area contributed by atoms with Gasteiger partial charge in [-0.25, -0.2) is 0 Å². The fourth-order valence-corrected chi connectivity index (χ4v) is 7.28. The average molecular weight is 867 g/mol. The second kappa shape index (κ2) is 24.7. The number of nitrogens with one attached hydrogen (secondary N) is 4. The first-order valence-electron chi connectivity index (χ1n) is 19.6. The van der Waals surface area contributed by atoms with E-state index in [0.717, 1.165) is 9.80 Å². The van der Waals surface area contributed by atoms with Crippen LogP contribution in [-0.4, -0.2) is 178 Å². The van der Waals surface area contributed by atoms with Crippen molar-refractivity contribution >= 4 is 41.9 Å². The van der Waals surface area contributed by atoms with Crippen molar-refractivity contribution in [1.82, 2.24) is 21.3 Å². The number of aliphatic hydroxyl groups excluding tert-OH is 10. The van der Waals surface area contributed by atoms with Gasteiger partial charge in [0.2, 0.25) is 12.8 Å². The van der Waals surface area contributed by atoms with Gasteiger partial charge >= 0.3 is 0 Å². The van der Waals surface area contributed by atoms with Crippen molar-refractivity contribution in [2.45, 2.75) is 84.7 Å². The van der Waals surface area contributed by atoms with E-state index in [1.807, 2.05) is 0 Å². The number of nitrogens with zero attached hydrogens (tertiary/aromatic N) is 2. The third-order valence-electron chi connectivity index (χ3n) is 10.2. The summed E-state index contributed by atoms with van der Waals surface area (Å²) in [5.41, 5.74) is 1.39. The number of aliphatic hydroxyl groups is 10. The monoisotopic (exact) mass is 866 g/mol. The lowest BCUT2D eigenvalue weighted by Crippen LogP contribution is -2.42. The van der Waals surface area contributed by atoms with E-state index in [4.69, 9.17) is 0 Å². The molecular formula is C40H62N6O15. The number of carbonyl (C=O) groups excluding carboxylic acids is 5. The molecule has 61 heavy (non-hydrogen) atoms. The van der Waals surface area contributed by atoms with Gasteiger partial charge in [-0.2, -0.15) is 0 Å². The predicted molar refractivity (Wildman–Crippen MR) is 221 cm³/mol. The third kappa shape index (κ3) is 13.2. The van der Waals surface area contributed by atoms with Crippen LogP contribution < -0.4 is 31.1 Å². The van der Waals surface area contributed by atoms with Crippen molar-refractivity contribution < 1.29 is 75.0 Å². The topological polar surface area (TPSA) is 342 Å². The van der Waals surface area contributed by atoms with Crippen LogP contribution in [0.1, 0.15) is 83.2 Å². The lowest BCUT2D eigenvalue weighted by Gasteiger charge is -2.33. The maximum absolute atomic E-state index is 13.7. The minimum Gasteiger partial charge on any atom is -0.394 e. The summed E-state index contributed by atoms with van der Waals surface area (Å²) in [6, 6.07) is 0. The van der Waals surface area contributed by atoms with Crippen LogP contribution in [-0.2, 0) is 16.0 Å². The number of hydrogen-bond acceptors (Lipinski definition) is 16. The number of rotatable bonds is 26. The van der Waals surface area contributed by atoms with Gasteiger partial charge in [-0.3, -0.25) is 29.3 Å². The van der Waals surface area contributed by atoms with Crippen LogP contribution in [0.4, 0.5) is 11.4 Å². The Kier molecular flexibility index (Phi) is 21.3. The molecule has 21 heteroatoms. The molecule has 0 bridgehead atoms. The van der Waals surface area contributed by atoms with E-state index < -0.39 is 94.0 Å². The highest BCUT2D eigenvalue weighted by Crippen LogP contribution is 2.38. The molecule has 0 radical (unpaired) electrons. The van der Waals surface area contributed by atoms with E-state index in [2.05, 4.69) is 21.3 Å². The minimum atomic E-state index is -1.57. The number of benzene rings is 2. The summed E-state index contributed by atoms with van der Waals surface area (Å²) in [5.74, 6) is -2.30. The lowest BCUT2D eigenvalue weighted by atomic mass is 9.87. The Morgan fingerprint density at radius 1 is 0.525 bits per heavy atom. The van der Waals surface area contributed by atoms with Crippen LogP contribution in [0.25, 0.3) is 0 Å². The molecule has 0 aliphatic rings. The Morgan fingerprint density at radius 3 is 1.23 bits per heavy atom. The Hall–Kier alpha value is -4.65. The number of hydrogen-bond donors (Lipinski definition) is 14. The molecule has 14 N–H and O–H groups in total. The van der Waals surface area contributed by atoms with Crippen molar-refractivity contribution in [3.8, 4) is 0 Å². The Balaban J connectivity index is 2.78. The molecule has 2 aromatic carbocycles. The largest absolute Gasteiger partial charge is 0.394 e. The van der Waals surface area contributed by atoms with Gasteiger partial charge in [-0.1, -0.05) is 6.92 Å². The van der Waals surface area contributed by atoms with Crippen LogP contribution in [0.15, 0.2) is 0 Å². The van der Waals surface area contributed by atoms with Gasteiger partial charge in [-0.05, 0) is 74.4 Å². The number of anilines is 2. The smallest absolute Gasteiger partial charge is 0.252 e. The summed E-state index contributed by atoms with van der Waals surface area (Å²) in [7, 11) is 0. The van der Waals surface area contributed by atoms with Crippen LogP contribution in [0.3, 0.4) is 0 Å². The highest BCUT2D eigenvalue weighted by molar-refractivity contribution is 6.07. The first-order chi connectivity index (χ1) is 28.8. The van der Waals surface area contributed by atoms with E-state index in [-0.39, 0.29) is 94.0 Å². The first-order valence-corrected chi connectivity index (χ1v) is 19.6. The zero-order valence-electron chi connectivity index (χ0n) is 35.3. The summed E-state index contributed by atoms with van der Waals surface area (Å²) in [5, 5.41) is 110. The maximum atomic E-state index is 13.7. The molecular weight excluding hydrogens is 804 g/mol. The van der Waals surface area contributed by atoms with E-state index in [9.17, 15) is 75.0 Å². The Labute approximate surface area is 353 Å². The molecule has 2 aromatic rings. The van der Waals surface area contributed by atoms with Gasteiger partial charge < -0.3 is 76.8 Å². The summed E-state index contributed by atoms with van der Waals surface area (Å²) in [6.45, 7) is 4.19. The van der Waals surface area contributed by atoms with Gasteiger partial charge in [0.05, 0.1) is 81.4 Å². The average Bonchev–Trinajstić information content (AvgIpc) is 3.23. The highest BCUT2D eigenvalue weighted by atomic mass is 16.3. The van der Waals surface area contributed by atoms with Crippen LogP contribution in [0, 0.1) is 34.6 Å². The summed E-state index contributed by atoms with van der Waals surface area (Å²) < 4.78 is 0. The molecule has 0 heterocycles. The molecule has 0 aliphatic heterocycles. The molecule has 5 amide bonds. The van der Waals surface area contributed by atoms with Gasteiger partial charge in [0.25, 0.3) is 17.7 Å². The van der Waals surface area contributed by atoms with Crippen molar-refractivity contribution in [2.24, 2.45) is 0 Å². The minimum absolute atomic E-state index is 0.0179. The molecule has 6 unspecified atom stereocenters. The van der Waals surface area contributed by atoms with Crippen LogP contribution in [0.2, 0.25) is 0 Å². The van der Waals surface area contributed by atoms with Crippen molar-refractivity contribution in [1.29, 1.82) is 0 Å². The molecule has 0 aliphatic carbocycles. The fraction of sp³-hybridized carbons (Fsp3) is 0.575. The van der Waals surface area contributed by atoms with E-state index >= 15 is 0 Å². The third-order valence-corrected chi connectivity index (χ3v) is 10.2. The second-order valence-corrected chi connectivity index (χ2v) is 14.6. The highest BCUT2D eigenvalue weighted by Gasteiger charge is 2.32. The predicted octanol–water partition coefficient (Wildman–Crippen LogP) is -4.04. The molecule has 21 nitrogen and oxygen atoms in total. The molecule has 0 aromatic heterocycles. The molecule has 0 saturated heterocycles. The number of amides is 5. The molecule has 0 fully saturated rings. The lowest BCUT2D eigenvalue weighted by molar-refractivity contribution is -0.108. The number of carbonyl (C=O) groups is 5. The zero-order chi connectivity index (χ0) is 46.3. The molecule has 342 valence electrons. The quantitative estimate of drug-likeness (QED) is 0.0316. The van der Waals surface area contributed by atoms with Crippen molar-refractivity contribution in [3.05, 3.63) is 55.6 Å². The van der Waals surface area contributed by atoms with E-state index in [0.29, 0.717) is 18.4 Å². The van der Waals surface area contributed by atoms with Gasteiger partial charge in [0, 0.05) is 48.4 Å². The second-order valence-electron chi connectivity index (χ2n) is 14.6. The SMILES string of the molecule is CCc1c(C(O)NCC(O)CO)c(C)c(C(=O)NCC(O)CO)c(C)c1N(C=O)CC(O)CN(C=O)c1c(C)c(C(=O)NCC(O)CO)c(C)c(C(=O)NCC(O)CO)c1C. The van der Waals surface area contributed by atoms with E-state index in [1.54, 1.807) is 6.92 Å². The van der Waals surface area contributed by atoms with Crippen LogP contribution in [0.5, 0.6) is 0 Å². The Bertz CT molecular complexity index is 1790. The maximum Gasteiger partial charge on any atom is 0.252 e. The summed E-state index contributed by atoms with van der Waals surface area (Å²) >= 11 is 0. The van der Waals surface area contributed by atoms with Gasteiger partial charge in [0.1, 0.15) is 6.23 Å². The van der Waals surface area contributed by atoms with Gasteiger partial charge in [0.15, 0.2) is 0 Å². The Morgan fingerprint density at radius 2 is 0.869 bits per heavy atom. The van der Waals surface area contributed by atoms with E-state index in [1.165, 1.54) is 34.6 Å². The van der Waals surface area contributed by atoms with Crippen LogP contribution >= 0.6 is 0 Å². The zero-order valence-corrected chi connectivity index (χ0v) is 35.3. The molecule has 2 rings (SSSR count). The summed E-state index contributed by atoms with van der Waals surface area (Å²) in [4.78, 5) is 68.7. The molecule has 0 spiro atoms.